The van der Waals surface area contributed by atoms with Crippen LogP contribution in [0.4, 0.5) is 11.4 Å². The summed E-state index contributed by atoms with van der Waals surface area (Å²) in [5, 5.41) is 15.4. The van der Waals surface area contributed by atoms with E-state index in [1.807, 2.05) is 0 Å². The highest BCUT2D eigenvalue weighted by atomic mass is 32.2. The van der Waals surface area contributed by atoms with Crippen LogP contribution >= 0.6 is 0 Å². The molecule has 0 unspecified atom stereocenters. The first-order valence-electron chi connectivity index (χ1n) is 3.81. The van der Waals surface area contributed by atoms with E-state index < -0.39 is 25.5 Å². The molecule has 0 aliphatic rings. The fourth-order valence-corrected chi connectivity index (χ4v) is 2.04. The first-order valence-corrected chi connectivity index (χ1v) is 5.35. The van der Waals surface area contributed by atoms with E-state index >= 15 is 0 Å². The van der Waals surface area contributed by atoms with Crippen molar-refractivity contribution < 1.29 is 13.3 Å². The van der Waals surface area contributed by atoms with Gasteiger partial charge in [-0.1, -0.05) is 0 Å². The molecule has 0 saturated carbocycles. The molecule has 0 heterocycles. The zero-order valence-corrected chi connectivity index (χ0v) is 8.61. The lowest BCUT2D eigenvalue weighted by Gasteiger charge is -2.05. The van der Waals surface area contributed by atoms with Crippen LogP contribution in [-0.2, 0) is 10.0 Å². The summed E-state index contributed by atoms with van der Waals surface area (Å²) >= 11 is 0. The van der Waals surface area contributed by atoms with Crippen LogP contribution in [0.25, 0.3) is 0 Å². The maximum atomic E-state index is 11.1. The smallest absolute Gasteiger partial charge is 0.291 e. The number of nitrogens with two attached hydrogens (primary N) is 2. The van der Waals surface area contributed by atoms with Gasteiger partial charge >= 0.3 is 0 Å². The van der Waals surface area contributed by atoms with Crippen molar-refractivity contribution in [3.8, 4) is 0 Å². The van der Waals surface area contributed by atoms with E-state index in [1.165, 1.54) is 6.07 Å². The van der Waals surface area contributed by atoms with Crippen LogP contribution in [0.2, 0.25) is 0 Å². The molecule has 15 heavy (non-hydrogen) atoms. The molecule has 0 amide bonds. The molecule has 8 heteroatoms. The van der Waals surface area contributed by atoms with Crippen molar-refractivity contribution in [3.63, 3.8) is 0 Å². The first kappa shape index (κ1) is 11.4. The van der Waals surface area contributed by atoms with E-state index in [4.69, 9.17) is 10.9 Å². The Kier molecular flexibility index (Phi) is 2.65. The second kappa shape index (κ2) is 3.48. The Bertz CT molecular complexity index is 523. The molecule has 0 atom stereocenters. The molecule has 0 aromatic heterocycles. The summed E-state index contributed by atoms with van der Waals surface area (Å²) in [6.45, 7) is 1.57. The van der Waals surface area contributed by atoms with Crippen molar-refractivity contribution in [2.45, 2.75) is 11.8 Å². The Hall–Kier alpha value is -1.67. The molecule has 1 aromatic rings. The lowest BCUT2D eigenvalue weighted by Crippen LogP contribution is -2.16. The number of hydrogen-bond acceptors (Lipinski definition) is 5. The summed E-state index contributed by atoms with van der Waals surface area (Å²) in [6.07, 6.45) is 0. The number of nitro groups is 1. The van der Waals surface area contributed by atoms with Gasteiger partial charge in [-0.2, -0.15) is 0 Å². The van der Waals surface area contributed by atoms with Gasteiger partial charge in [0.15, 0.2) is 4.90 Å². The van der Waals surface area contributed by atoms with Crippen molar-refractivity contribution in [2.24, 2.45) is 5.14 Å². The summed E-state index contributed by atoms with van der Waals surface area (Å²) in [6, 6.07) is 2.42. The summed E-state index contributed by atoms with van der Waals surface area (Å²) in [7, 11) is -4.19. The minimum absolute atomic E-state index is 0.218. The Morgan fingerprint density at radius 2 is 1.93 bits per heavy atom. The number of primary sulfonamides is 1. The van der Waals surface area contributed by atoms with Gasteiger partial charge in [0.1, 0.15) is 0 Å². The third-order valence-corrected chi connectivity index (χ3v) is 2.74. The highest BCUT2D eigenvalue weighted by molar-refractivity contribution is 7.89. The molecule has 4 N–H and O–H groups in total. The summed E-state index contributed by atoms with van der Waals surface area (Å²) < 4.78 is 22.2. The Morgan fingerprint density at radius 1 is 1.40 bits per heavy atom. The van der Waals surface area contributed by atoms with Crippen molar-refractivity contribution in [3.05, 3.63) is 27.8 Å². The lowest BCUT2D eigenvalue weighted by molar-refractivity contribution is -0.387. The minimum atomic E-state index is -4.19. The minimum Gasteiger partial charge on any atom is -0.397 e. The van der Waals surface area contributed by atoms with Gasteiger partial charge in [0.25, 0.3) is 5.69 Å². The number of sulfonamides is 1. The third-order valence-electron chi connectivity index (χ3n) is 1.72. The number of aryl methyl sites for hydroxylation is 1. The molecular formula is C7H9N3O4S. The van der Waals surface area contributed by atoms with E-state index in [1.54, 1.807) is 6.92 Å². The predicted molar refractivity (Wildman–Crippen MR) is 53.6 cm³/mol. The van der Waals surface area contributed by atoms with Gasteiger partial charge in [0, 0.05) is 6.07 Å². The van der Waals surface area contributed by atoms with Crippen molar-refractivity contribution in [2.75, 3.05) is 5.73 Å². The molecule has 7 nitrogen and oxygen atoms in total. The average Bonchev–Trinajstić information content (AvgIpc) is 1.99. The van der Waals surface area contributed by atoms with Crippen molar-refractivity contribution in [1.82, 2.24) is 0 Å². The second-order valence-corrected chi connectivity index (χ2v) is 4.50. The Labute approximate surface area is 85.9 Å². The zero-order chi connectivity index (χ0) is 11.8. The molecule has 1 rings (SSSR count). The van der Waals surface area contributed by atoms with Gasteiger partial charge < -0.3 is 5.73 Å². The molecule has 0 radical (unpaired) electrons. The SMILES string of the molecule is Cc1cc(N)c(S(N)(=O)=O)c([N+](=O)[O-])c1. The van der Waals surface area contributed by atoms with E-state index in [0.29, 0.717) is 5.56 Å². The standard InChI is InChI=1S/C7H9N3O4S/c1-4-2-5(8)7(15(9,13)14)6(3-4)10(11)12/h2-3H,8H2,1H3,(H2,9,13,14). The van der Waals surface area contributed by atoms with Crippen molar-refractivity contribution >= 4 is 21.4 Å². The van der Waals surface area contributed by atoms with E-state index in [-0.39, 0.29) is 5.69 Å². The highest BCUT2D eigenvalue weighted by Gasteiger charge is 2.26. The maximum Gasteiger partial charge on any atom is 0.291 e. The maximum absolute atomic E-state index is 11.1. The fourth-order valence-electron chi connectivity index (χ4n) is 1.23. The van der Waals surface area contributed by atoms with Crippen LogP contribution in [0.1, 0.15) is 5.56 Å². The molecule has 0 spiro atoms. The second-order valence-electron chi connectivity index (χ2n) is 3.00. The largest absolute Gasteiger partial charge is 0.397 e. The van der Waals surface area contributed by atoms with E-state index in [0.717, 1.165) is 6.07 Å². The number of anilines is 1. The van der Waals surface area contributed by atoms with Crippen LogP contribution in [0.3, 0.4) is 0 Å². The van der Waals surface area contributed by atoms with Crippen LogP contribution < -0.4 is 10.9 Å². The van der Waals surface area contributed by atoms with Gasteiger partial charge in [-0.3, -0.25) is 10.1 Å². The van der Waals surface area contributed by atoms with Crippen molar-refractivity contribution in [1.29, 1.82) is 0 Å². The molecule has 0 aliphatic heterocycles. The topological polar surface area (TPSA) is 129 Å². The number of benzene rings is 1. The molecule has 0 aliphatic carbocycles. The van der Waals surface area contributed by atoms with Crippen LogP contribution in [0.5, 0.6) is 0 Å². The van der Waals surface area contributed by atoms with Crippen LogP contribution in [0.15, 0.2) is 17.0 Å². The molecule has 0 bridgehead atoms. The number of rotatable bonds is 2. The summed E-state index contributed by atoms with van der Waals surface area (Å²) in [5.74, 6) is 0. The van der Waals surface area contributed by atoms with E-state index in [9.17, 15) is 18.5 Å². The average molecular weight is 231 g/mol. The van der Waals surface area contributed by atoms with Gasteiger partial charge in [0.05, 0.1) is 10.6 Å². The normalized spacial score (nSPS) is 11.3. The molecule has 1 aromatic carbocycles. The monoisotopic (exact) mass is 231 g/mol. The van der Waals surface area contributed by atoms with Crippen LogP contribution in [0, 0.1) is 17.0 Å². The van der Waals surface area contributed by atoms with Gasteiger partial charge in [-0.25, -0.2) is 13.6 Å². The molecule has 0 fully saturated rings. The summed E-state index contributed by atoms with van der Waals surface area (Å²) in [5.41, 5.74) is 5.05. The molecular weight excluding hydrogens is 222 g/mol. The fraction of sp³-hybridized carbons (Fsp3) is 0.143. The van der Waals surface area contributed by atoms with E-state index in [2.05, 4.69) is 0 Å². The first-order chi connectivity index (χ1) is 6.73. The van der Waals surface area contributed by atoms with Gasteiger partial charge in [0.2, 0.25) is 10.0 Å². The lowest BCUT2D eigenvalue weighted by atomic mass is 10.2. The van der Waals surface area contributed by atoms with Gasteiger partial charge in [-0.15, -0.1) is 0 Å². The number of nitrogens with zero attached hydrogens (tertiary/aromatic N) is 1. The Morgan fingerprint density at radius 3 is 2.33 bits per heavy atom. The molecule has 0 saturated heterocycles. The zero-order valence-electron chi connectivity index (χ0n) is 7.80. The predicted octanol–water partition coefficient (Wildman–Crippen LogP) is 0.133. The Balaban J connectivity index is 3.70. The summed E-state index contributed by atoms with van der Waals surface area (Å²) in [4.78, 5) is 9.13. The van der Waals surface area contributed by atoms with Gasteiger partial charge in [-0.05, 0) is 18.6 Å². The highest BCUT2D eigenvalue weighted by Crippen LogP contribution is 2.29. The van der Waals surface area contributed by atoms with Crippen LogP contribution in [-0.4, -0.2) is 13.3 Å². The number of hydrogen-bond donors (Lipinski definition) is 2. The third kappa shape index (κ3) is 2.22. The quantitative estimate of drug-likeness (QED) is 0.424. The number of nitro benzene ring substituents is 1. The molecule has 82 valence electrons. The number of nitrogen functional groups attached to an aromatic ring is 1.